The normalized spacial score (nSPS) is 21.3. The zero-order valence-electron chi connectivity index (χ0n) is 17.1. The molecule has 1 atom stereocenters. The summed E-state index contributed by atoms with van der Waals surface area (Å²) in [4.78, 5) is 34.0. The molecule has 0 saturated carbocycles. The molecule has 1 N–H and O–H groups in total. The largest absolute Gasteiger partial charge is 0.349 e. The number of amides is 1. The van der Waals surface area contributed by atoms with Gasteiger partial charge in [-0.2, -0.15) is 9.50 Å². The molecule has 0 bridgehead atoms. The molecule has 2 aromatic heterocycles. The first-order valence-corrected chi connectivity index (χ1v) is 11.6. The zero-order chi connectivity index (χ0) is 20.2. The van der Waals surface area contributed by atoms with E-state index in [0.717, 1.165) is 44.3 Å². The average molecular weight is 419 g/mol. The van der Waals surface area contributed by atoms with Gasteiger partial charge in [-0.25, -0.2) is 0 Å². The van der Waals surface area contributed by atoms with E-state index in [0.29, 0.717) is 17.4 Å². The Morgan fingerprint density at radius 3 is 2.76 bits per heavy atom. The van der Waals surface area contributed by atoms with Crippen LogP contribution in [0.5, 0.6) is 0 Å². The van der Waals surface area contributed by atoms with Gasteiger partial charge in [0.2, 0.25) is 10.1 Å². The molecule has 0 radical (unpaired) electrons. The van der Waals surface area contributed by atoms with Gasteiger partial charge in [-0.05, 0) is 44.7 Å². The van der Waals surface area contributed by atoms with Gasteiger partial charge in [0, 0.05) is 32.2 Å². The second-order valence-electron chi connectivity index (χ2n) is 8.26. The van der Waals surface area contributed by atoms with E-state index in [-0.39, 0.29) is 11.6 Å². The molecule has 2 aliphatic heterocycles. The monoisotopic (exact) mass is 418 g/mol. The Kier molecular flexibility index (Phi) is 6.44. The van der Waals surface area contributed by atoms with Crippen molar-refractivity contribution < 1.29 is 4.79 Å². The second kappa shape index (κ2) is 9.21. The molecule has 1 amide bonds. The van der Waals surface area contributed by atoms with Crippen LogP contribution in [-0.2, 0) is 0 Å². The van der Waals surface area contributed by atoms with E-state index in [4.69, 9.17) is 0 Å². The standard InChI is InChI=1S/C20H30N6O2S/c1-15-7-6-11-25(14-15)20-23-26-16(13-17(27)22-19(26)29-20)18(28)21-8-12-24-9-4-2-3-5-10-24/h13,15H,2-12,14H2,1H3,(H,21,28). The molecule has 1 unspecified atom stereocenters. The van der Waals surface area contributed by atoms with Crippen LogP contribution in [0.2, 0.25) is 0 Å². The first-order chi connectivity index (χ1) is 14.1. The lowest BCUT2D eigenvalue weighted by Gasteiger charge is -2.30. The van der Waals surface area contributed by atoms with E-state index in [2.05, 4.69) is 32.1 Å². The molecule has 0 aliphatic carbocycles. The minimum atomic E-state index is -0.398. The summed E-state index contributed by atoms with van der Waals surface area (Å²) in [6.07, 6.45) is 7.40. The van der Waals surface area contributed by atoms with E-state index in [1.165, 1.54) is 54.0 Å². The Labute approximate surface area is 174 Å². The van der Waals surface area contributed by atoms with Crippen LogP contribution in [-0.4, -0.2) is 64.7 Å². The summed E-state index contributed by atoms with van der Waals surface area (Å²) in [5.74, 6) is 0.351. The summed E-state index contributed by atoms with van der Waals surface area (Å²) in [7, 11) is 0. The minimum absolute atomic E-state index is 0.266. The molecular weight excluding hydrogens is 388 g/mol. The number of piperidine rings is 1. The van der Waals surface area contributed by atoms with E-state index < -0.39 is 5.56 Å². The molecule has 9 heteroatoms. The first-order valence-electron chi connectivity index (χ1n) is 10.8. The van der Waals surface area contributed by atoms with Crippen LogP contribution in [0.1, 0.15) is 55.9 Å². The number of fused-ring (bicyclic) bond motifs is 1. The molecule has 2 saturated heterocycles. The summed E-state index contributed by atoms with van der Waals surface area (Å²) in [5, 5.41) is 8.42. The van der Waals surface area contributed by atoms with Gasteiger partial charge in [0.15, 0.2) is 0 Å². The van der Waals surface area contributed by atoms with Crippen molar-refractivity contribution in [3.8, 4) is 0 Å². The fourth-order valence-electron chi connectivity index (χ4n) is 4.24. The van der Waals surface area contributed by atoms with Gasteiger partial charge in [-0.1, -0.05) is 31.1 Å². The second-order valence-corrected chi connectivity index (χ2v) is 9.20. The number of carbonyl (C=O) groups excluding carboxylic acids is 1. The molecule has 4 rings (SSSR count). The van der Waals surface area contributed by atoms with Gasteiger partial charge < -0.3 is 15.1 Å². The molecule has 4 heterocycles. The third-order valence-electron chi connectivity index (χ3n) is 5.82. The molecule has 2 aromatic rings. The van der Waals surface area contributed by atoms with E-state index >= 15 is 0 Å². The van der Waals surface area contributed by atoms with Crippen molar-refractivity contribution in [3.63, 3.8) is 0 Å². The third kappa shape index (κ3) is 4.95. The Bertz CT molecular complexity index is 902. The number of carbonyl (C=O) groups is 1. The van der Waals surface area contributed by atoms with Crippen LogP contribution in [0.25, 0.3) is 4.96 Å². The number of nitrogens with zero attached hydrogens (tertiary/aromatic N) is 5. The number of rotatable bonds is 5. The molecule has 8 nitrogen and oxygen atoms in total. The highest BCUT2D eigenvalue weighted by Crippen LogP contribution is 2.27. The zero-order valence-corrected chi connectivity index (χ0v) is 17.9. The first kappa shape index (κ1) is 20.3. The Morgan fingerprint density at radius 1 is 1.21 bits per heavy atom. The van der Waals surface area contributed by atoms with Gasteiger partial charge in [0.25, 0.3) is 11.5 Å². The summed E-state index contributed by atoms with van der Waals surface area (Å²) in [6, 6.07) is 1.29. The van der Waals surface area contributed by atoms with E-state index in [1.54, 1.807) is 0 Å². The SMILES string of the molecule is CC1CCCN(c2nn3c(C(=O)NCCN4CCCCCC4)cc(=O)nc3s2)C1. The quantitative estimate of drug-likeness (QED) is 0.800. The smallest absolute Gasteiger partial charge is 0.274 e. The maximum Gasteiger partial charge on any atom is 0.274 e. The molecular formula is C20H30N6O2S. The Morgan fingerprint density at radius 2 is 2.00 bits per heavy atom. The molecule has 2 fully saturated rings. The van der Waals surface area contributed by atoms with E-state index in [9.17, 15) is 9.59 Å². The third-order valence-corrected chi connectivity index (χ3v) is 6.79. The van der Waals surface area contributed by atoms with Crippen molar-refractivity contribution in [2.24, 2.45) is 5.92 Å². The number of nitrogens with one attached hydrogen (secondary N) is 1. The average Bonchev–Trinajstić information content (AvgIpc) is 2.95. The number of likely N-dealkylation sites (tertiary alicyclic amines) is 1. The van der Waals surface area contributed by atoms with Crippen molar-refractivity contribution in [1.29, 1.82) is 0 Å². The lowest BCUT2D eigenvalue weighted by Crippen LogP contribution is -2.36. The van der Waals surface area contributed by atoms with Crippen LogP contribution in [0, 0.1) is 5.92 Å². The van der Waals surface area contributed by atoms with E-state index in [1.807, 2.05) is 0 Å². The van der Waals surface area contributed by atoms with Gasteiger partial charge >= 0.3 is 0 Å². The molecule has 29 heavy (non-hydrogen) atoms. The van der Waals surface area contributed by atoms with Crippen LogP contribution in [0.4, 0.5) is 5.13 Å². The Hall–Kier alpha value is -2.00. The van der Waals surface area contributed by atoms with Gasteiger partial charge in [0.05, 0.1) is 0 Å². The molecule has 2 aliphatic rings. The van der Waals surface area contributed by atoms with Crippen molar-refractivity contribution in [2.45, 2.75) is 45.4 Å². The van der Waals surface area contributed by atoms with Gasteiger partial charge in [-0.3, -0.25) is 9.59 Å². The van der Waals surface area contributed by atoms with Crippen LogP contribution in [0.3, 0.4) is 0 Å². The Balaban J connectivity index is 1.47. The maximum absolute atomic E-state index is 12.8. The number of hydrogen-bond acceptors (Lipinski definition) is 7. The summed E-state index contributed by atoms with van der Waals surface area (Å²) < 4.78 is 1.53. The van der Waals surface area contributed by atoms with Crippen LogP contribution in [0.15, 0.2) is 10.9 Å². The van der Waals surface area contributed by atoms with Gasteiger partial charge in [-0.15, -0.1) is 5.10 Å². The summed E-state index contributed by atoms with van der Waals surface area (Å²) >= 11 is 1.38. The highest BCUT2D eigenvalue weighted by atomic mass is 32.1. The summed E-state index contributed by atoms with van der Waals surface area (Å²) in [5.41, 5.74) is -0.131. The number of hydrogen-bond donors (Lipinski definition) is 1. The van der Waals surface area contributed by atoms with Crippen molar-refractivity contribution in [1.82, 2.24) is 24.8 Å². The fraction of sp³-hybridized carbons (Fsp3) is 0.700. The predicted molar refractivity (Wildman–Crippen MR) is 115 cm³/mol. The van der Waals surface area contributed by atoms with Crippen molar-refractivity contribution >= 4 is 27.3 Å². The van der Waals surface area contributed by atoms with Gasteiger partial charge in [0.1, 0.15) is 5.69 Å². The molecule has 0 aromatic carbocycles. The highest BCUT2D eigenvalue weighted by molar-refractivity contribution is 7.20. The van der Waals surface area contributed by atoms with Crippen molar-refractivity contribution in [2.75, 3.05) is 44.2 Å². The lowest BCUT2D eigenvalue weighted by molar-refractivity contribution is 0.0940. The number of anilines is 1. The molecule has 0 spiro atoms. The highest BCUT2D eigenvalue weighted by Gasteiger charge is 2.22. The lowest BCUT2D eigenvalue weighted by atomic mass is 10.0. The van der Waals surface area contributed by atoms with Crippen LogP contribution < -0.4 is 15.8 Å². The minimum Gasteiger partial charge on any atom is -0.349 e. The van der Waals surface area contributed by atoms with Crippen LogP contribution >= 0.6 is 11.3 Å². The van der Waals surface area contributed by atoms with Crippen molar-refractivity contribution in [3.05, 3.63) is 22.1 Å². The maximum atomic E-state index is 12.8. The molecule has 158 valence electrons. The fourth-order valence-corrected chi connectivity index (χ4v) is 5.18. The number of aromatic nitrogens is 3. The summed E-state index contributed by atoms with van der Waals surface area (Å²) in [6.45, 7) is 7.73. The topological polar surface area (TPSA) is 82.8 Å². The predicted octanol–water partition coefficient (Wildman–Crippen LogP) is 1.99.